The number of hydrogen-bond acceptors (Lipinski definition) is 5. The zero-order chi connectivity index (χ0) is 15.9. The molecule has 0 unspecified atom stereocenters. The van der Waals surface area contributed by atoms with E-state index in [-0.39, 0.29) is 23.1 Å². The highest BCUT2D eigenvalue weighted by Crippen LogP contribution is 2.20. The molecule has 2 N–H and O–H groups in total. The summed E-state index contributed by atoms with van der Waals surface area (Å²) >= 11 is 1.04. The Morgan fingerprint density at radius 2 is 2.00 bits per heavy atom. The number of halogens is 1. The summed E-state index contributed by atoms with van der Waals surface area (Å²) in [5.41, 5.74) is 0.896. The van der Waals surface area contributed by atoms with E-state index in [1.54, 1.807) is 12.1 Å². The van der Waals surface area contributed by atoms with Crippen molar-refractivity contribution >= 4 is 23.2 Å². The van der Waals surface area contributed by atoms with E-state index in [0.717, 1.165) is 16.9 Å². The van der Waals surface area contributed by atoms with E-state index >= 15 is 0 Å². The molecule has 0 spiro atoms. The van der Waals surface area contributed by atoms with Crippen molar-refractivity contribution in [1.29, 1.82) is 0 Å². The van der Waals surface area contributed by atoms with E-state index in [1.165, 1.54) is 23.6 Å². The number of carbonyl (C=O) groups is 2. The van der Waals surface area contributed by atoms with Gasteiger partial charge in [0.2, 0.25) is 0 Å². The van der Waals surface area contributed by atoms with Gasteiger partial charge in [0.1, 0.15) is 16.4 Å². The van der Waals surface area contributed by atoms with Gasteiger partial charge in [0.15, 0.2) is 6.61 Å². The maximum atomic E-state index is 12.7. The van der Waals surface area contributed by atoms with Crippen LogP contribution in [0.5, 0.6) is 5.75 Å². The van der Waals surface area contributed by atoms with E-state index in [4.69, 9.17) is 9.84 Å². The predicted octanol–water partition coefficient (Wildman–Crippen LogP) is 2.11. The predicted molar refractivity (Wildman–Crippen MR) is 79.4 cm³/mol. The Bertz CT molecular complexity index is 654. The maximum Gasteiger partial charge on any atom is 0.348 e. The summed E-state index contributed by atoms with van der Waals surface area (Å²) in [6, 6.07) is 7.28. The number of thiophene rings is 1. The minimum absolute atomic E-state index is 0.0132. The fourth-order valence-electron chi connectivity index (χ4n) is 1.68. The van der Waals surface area contributed by atoms with Crippen LogP contribution in [-0.2, 0) is 16.0 Å². The number of nitrogens with one attached hydrogen (secondary N) is 1. The molecule has 7 heteroatoms. The minimum atomic E-state index is -0.654. The number of aromatic hydroxyl groups is 1. The third-order valence-corrected chi connectivity index (χ3v) is 3.67. The van der Waals surface area contributed by atoms with Crippen LogP contribution in [0, 0.1) is 5.82 Å². The molecule has 116 valence electrons. The lowest BCUT2D eigenvalue weighted by Gasteiger charge is -2.06. The molecule has 2 aromatic rings. The highest BCUT2D eigenvalue weighted by Gasteiger charge is 2.12. The van der Waals surface area contributed by atoms with E-state index < -0.39 is 11.9 Å². The third-order valence-electron chi connectivity index (χ3n) is 2.77. The highest BCUT2D eigenvalue weighted by atomic mass is 32.1. The van der Waals surface area contributed by atoms with Gasteiger partial charge in [-0.3, -0.25) is 4.79 Å². The van der Waals surface area contributed by atoms with Crippen molar-refractivity contribution in [2.45, 2.75) is 6.42 Å². The molecule has 1 aromatic heterocycles. The van der Waals surface area contributed by atoms with Crippen molar-refractivity contribution in [3.63, 3.8) is 0 Å². The summed E-state index contributed by atoms with van der Waals surface area (Å²) in [6.45, 7) is -0.0251. The lowest BCUT2D eigenvalue weighted by molar-refractivity contribution is -0.124. The Morgan fingerprint density at radius 3 is 2.64 bits per heavy atom. The smallest absolute Gasteiger partial charge is 0.348 e. The molecular weight excluding hydrogens is 309 g/mol. The molecule has 0 radical (unpaired) electrons. The molecule has 1 amide bonds. The summed E-state index contributed by atoms with van der Waals surface area (Å²) < 4.78 is 17.5. The Hall–Kier alpha value is -2.41. The summed E-state index contributed by atoms with van der Waals surface area (Å²) in [5, 5.41) is 13.1. The van der Waals surface area contributed by atoms with Crippen molar-refractivity contribution in [2.24, 2.45) is 0 Å². The fourth-order valence-corrected chi connectivity index (χ4v) is 2.34. The lowest BCUT2D eigenvalue weighted by Crippen LogP contribution is -2.30. The first-order valence-electron chi connectivity index (χ1n) is 6.50. The SMILES string of the molecule is O=C(COC(=O)c1cc(O)cs1)NCCc1ccc(F)cc1. The van der Waals surface area contributed by atoms with Crippen LogP contribution in [0.1, 0.15) is 15.2 Å². The highest BCUT2D eigenvalue weighted by molar-refractivity contribution is 7.12. The first kappa shape index (κ1) is 16.0. The Morgan fingerprint density at radius 1 is 1.27 bits per heavy atom. The van der Waals surface area contributed by atoms with Gasteiger partial charge in [0.05, 0.1) is 0 Å². The topological polar surface area (TPSA) is 75.6 Å². The molecule has 0 saturated heterocycles. The van der Waals surface area contributed by atoms with Gasteiger partial charge in [-0.05, 0) is 24.1 Å². The van der Waals surface area contributed by atoms with Crippen LogP contribution in [0.25, 0.3) is 0 Å². The van der Waals surface area contributed by atoms with Crippen LogP contribution in [0.3, 0.4) is 0 Å². The molecule has 0 fully saturated rings. The number of carbonyl (C=O) groups excluding carboxylic acids is 2. The van der Waals surface area contributed by atoms with Gasteiger partial charge < -0.3 is 15.2 Å². The van der Waals surface area contributed by atoms with Crippen LogP contribution < -0.4 is 5.32 Å². The summed E-state index contributed by atoms with van der Waals surface area (Å²) in [4.78, 5) is 23.3. The van der Waals surface area contributed by atoms with Crippen molar-refractivity contribution < 1.29 is 23.8 Å². The monoisotopic (exact) mass is 323 g/mol. The van der Waals surface area contributed by atoms with Gasteiger partial charge in [-0.15, -0.1) is 11.3 Å². The fraction of sp³-hybridized carbons (Fsp3) is 0.200. The molecule has 0 aliphatic heterocycles. The number of benzene rings is 1. The Kier molecular flexibility index (Phi) is 5.48. The second kappa shape index (κ2) is 7.56. The van der Waals surface area contributed by atoms with Crippen molar-refractivity contribution in [3.8, 4) is 5.75 Å². The number of ether oxygens (including phenoxy) is 1. The molecule has 0 atom stereocenters. The molecule has 22 heavy (non-hydrogen) atoms. The van der Waals surface area contributed by atoms with Crippen LogP contribution >= 0.6 is 11.3 Å². The average Bonchev–Trinajstić information content (AvgIpc) is 2.93. The summed E-state index contributed by atoms with van der Waals surface area (Å²) in [5.74, 6) is -1.39. The Labute approximate surface area is 130 Å². The molecule has 1 aromatic carbocycles. The van der Waals surface area contributed by atoms with Crippen LogP contribution in [0.4, 0.5) is 4.39 Å². The molecule has 0 saturated carbocycles. The van der Waals surface area contributed by atoms with E-state index in [2.05, 4.69) is 5.32 Å². The number of amides is 1. The minimum Gasteiger partial charge on any atom is -0.507 e. The second-order valence-corrected chi connectivity index (χ2v) is 5.38. The van der Waals surface area contributed by atoms with Crippen molar-refractivity contribution in [2.75, 3.05) is 13.2 Å². The molecule has 1 heterocycles. The largest absolute Gasteiger partial charge is 0.507 e. The zero-order valence-electron chi connectivity index (χ0n) is 11.5. The maximum absolute atomic E-state index is 12.7. The van der Waals surface area contributed by atoms with E-state index in [1.807, 2.05) is 0 Å². The zero-order valence-corrected chi connectivity index (χ0v) is 12.4. The van der Waals surface area contributed by atoms with Crippen LogP contribution in [0.2, 0.25) is 0 Å². The number of hydrogen-bond donors (Lipinski definition) is 2. The number of esters is 1. The molecule has 5 nitrogen and oxygen atoms in total. The van der Waals surface area contributed by atoms with Crippen LogP contribution in [-0.4, -0.2) is 30.1 Å². The third kappa shape index (κ3) is 4.85. The van der Waals surface area contributed by atoms with Crippen molar-refractivity contribution in [1.82, 2.24) is 5.32 Å². The number of rotatable bonds is 6. The normalized spacial score (nSPS) is 10.2. The average molecular weight is 323 g/mol. The van der Waals surface area contributed by atoms with Gasteiger partial charge in [0, 0.05) is 18.0 Å². The van der Waals surface area contributed by atoms with Gasteiger partial charge in [0.25, 0.3) is 5.91 Å². The Balaban J connectivity index is 1.67. The van der Waals surface area contributed by atoms with Gasteiger partial charge in [-0.25, -0.2) is 9.18 Å². The molecule has 0 aliphatic carbocycles. The first-order chi connectivity index (χ1) is 10.5. The molecule has 2 rings (SSSR count). The van der Waals surface area contributed by atoms with Gasteiger partial charge >= 0.3 is 5.97 Å². The quantitative estimate of drug-likeness (QED) is 0.798. The molecule has 0 aliphatic rings. The summed E-state index contributed by atoms with van der Waals surface area (Å²) in [6.07, 6.45) is 0.554. The first-order valence-corrected chi connectivity index (χ1v) is 7.38. The van der Waals surface area contributed by atoms with Crippen molar-refractivity contribution in [3.05, 3.63) is 52.0 Å². The second-order valence-electron chi connectivity index (χ2n) is 4.47. The van der Waals surface area contributed by atoms with Crippen LogP contribution in [0.15, 0.2) is 35.7 Å². The lowest BCUT2D eigenvalue weighted by atomic mass is 10.1. The molecular formula is C15H14FNO4S. The van der Waals surface area contributed by atoms with E-state index in [0.29, 0.717) is 13.0 Å². The van der Waals surface area contributed by atoms with Gasteiger partial charge in [-0.1, -0.05) is 12.1 Å². The summed E-state index contributed by atoms with van der Waals surface area (Å²) in [7, 11) is 0. The van der Waals surface area contributed by atoms with E-state index in [9.17, 15) is 14.0 Å². The molecule has 0 bridgehead atoms. The standard InChI is InChI=1S/C15H14FNO4S/c16-11-3-1-10(2-4-11)5-6-17-14(19)8-21-15(20)13-7-12(18)9-22-13/h1-4,7,9,18H,5-6,8H2,(H,17,19). The van der Waals surface area contributed by atoms with Gasteiger partial charge in [-0.2, -0.15) is 0 Å².